The number of carbonyl (C=O) groups is 1. The average Bonchev–Trinajstić information content (AvgIpc) is 3.31. The minimum absolute atomic E-state index is 0.135. The molecule has 5 rings (SSSR count). The summed E-state index contributed by atoms with van der Waals surface area (Å²) < 4.78 is 13.1. The van der Waals surface area contributed by atoms with Crippen LogP contribution < -0.4 is 25.4 Å². The van der Waals surface area contributed by atoms with E-state index in [9.17, 15) is 4.79 Å². The van der Waals surface area contributed by atoms with Crippen LogP contribution in [0, 0.1) is 0 Å². The van der Waals surface area contributed by atoms with Crippen LogP contribution in [0.2, 0.25) is 0 Å². The summed E-state index contributed by atoms with van der Waals surface area (Å²) in [7, 11) is 1.57. The van der Waals surface area contributed by atoms with Crippen molar-refractivity contribution in [2.45, 2.75) is 44.8 Å². The molecule has 3 aromatic rings. The third-order valence-corrected chi connectivity index (χ3v) is 6.01. The summed E-state index contributed by atoms with van der Waals surface area (Å²) in [5.41, 5.74) is 8.37. The lowest BCUT2D eigenvalue weighted by atomic mass is 10.0. The Labute approximate surface area is 186 Å². The van der Waals surface area contributed by atoms with Crippen LogP contribution in [0.1, 0.15) is 42.6 Å². The van der Waals surface area contributed by atoms with Crippen molar-refractivity contribution in [3.05, 3.63) is 41.7 Å². The largest absolute Gasteiger partial charge is 0.494 e. The quantitative estimate of drug-likeness (QED) is 0.647. The summed E-state index contributed by atoms with van der Waals surface area (Å²) in [5.74, 6) is 1.84. The Morgan fingerprint density at radius 3 is 3.00 bits per heavy atom. The summed E-state index contributed by atoms with van der Waals surface area (Å²) in [6.07, 6.45) is 6.16. The van der Waals surface area contributed by atoms with Crippen molar-refractivity contribution in [2.24, 2.45) is 5.73 Å². The van der Waals surface area contributed by atoms with Crippen molar-refractivity contribution in [2.75, 3.05) is 30.4 Å². The summed E-state index contributed by atoms with van der Waals surface area (Å²) in [4.78, 5) is 20.1. The highest BCUT2D eigenvalue weighted by atomic mass is 16.5. The van der Waals surface area contributed by atoms with Crippen molar-refractivity contribution in [3.8, 4) is 11.5 Å². The maximum atomic E-state index is 13.2. The molecule has 4 heterocycles. The van der Waals surface area contributed by atoms with E-state index in [4.69, 9.17) is 20.2 Å². The molecule has 0 aliphatic carbocycles. The number of aromatic nitrogens is 3. The van der Waals surface area contributed by atoms with Gasteiger partial charge in [-0.1, -0.05) is 0 Å². The number of rotatable bonds is 4. The molecule has 1 saturated heterocycles. The van der Waals surface area contributed by atoms with Crippen LogP contribution in [0.4, 0.5) is 11.5 Å². The minimum atomic E-state index is -0.295. The molecule has 9 nitrogen and oxygen atoms in total. The molecular weight excluding hydrogens is 408 g/mol. The van der Waals surface area contributed by atoms with Crippen molar-refractivity contribution in [1.29, 1.82) is 0 Å². The van der Waals surface area contributed by atoms with E-state index in [-0.39, 0.29) is 17.6 Å². The first-order valence-corrected chi connectivity index (χ1v) is 10.9. The zero-order chi connectivity index (χ0) is 22.5. The smallest absolute Gasteiger partial charge is 0.261 e. The van der Waals surface area contributed by atoms with Gasteiger partial charge in [-0.3, -0.25) is 4.79 Å². The molecule has 1 atom stereocenters. The monoisotopic (exact) mass is 436 g/mol. The second-order valence-electron chi connectivity index (χ2n) is 9.11. The molecule has 1 amide bonds. The first-order chi connectivity index (χ1) is 15.3. The summed E-state index contributed by atoms with van der Waals surface area (Å²) in [6, 6.07) is 5.78. The third-order valence-electron chi connectivity index (χ3n) is 6.01. The van der Waals surface area contributed by atoms with Crippen molar-refractivity contribution < 1.29 is 14.3 Å². The Balaban J connectivity index is 1.44. The maximum absolute atomic E-state index is 13.2. The van der Waals surface area contributed by atoms with Gasteiger partial charge in [-0.2, -0.15) is 5.10 Å². The molecule has 1 fully saturated rings. The third kappa shape index (κ3) is 3.73. The van der Waals surface area contributed by atoms with Gasteiger partial charge >= 0.3 is 0 Å². The molecule has 0 bridgehead atoms. The second kappa shape index (κ2) is 7.67. The lowest BCUT2D eigenvalue weighted by molar-refractivity contribution is 0.102. The zero-order valence-electron chi connectivity index (χ0n) is 18.6. The molecule has 3 N–H and O–H groups in total. The average molecular weight is 437 g/mol. The van der Waals surface area contributed by atoms with E-state index in [1.165, 1.54) is 6.20 Å². The summed E-state index contributed by atoms with van der Waals surface area (Å²) in [5, 5.41) is 7.27. The molecule has 2 aromatic heterocycles. The molecule has 0 spiro atoms. The topological polar surface area (TPSA) is 107 Å². The molecular formula is C23H28N6O3. The Kier molecular flexibility index (Phi) is 4.93. The van der Waals surface area contributed by atoms with Gasteiger partial charge in [0.15, 0.2) is 5.65 Å². The van der Waals surface area contributed by atoms with Crippen molar-refractivity contribution in [1.82, 2.24) is 14.6 Å². The van der Waals surface area contributed by atoms with Crippen molar-refractivity contribution in [3.63, 3.8) is 0 Å². The van der Waals surface area contributed by atoms with Crippen LogP contribution in [-0.2, 0) is 6.42 Å². The van der Waals surface area contributed by atoms with Crippen LogP contribution in [-0.4, -0.2) is 52.3 Å². The number of nitrogens with one attached hydrogen (secondary N) is 1. The van der Waals surface area contributed by atoms with E-state index in [0.717, 1.165) is 49.5 Å². The SMILES string of the molecule is COc1cc2c(cc1NC(=O)c1cnn3ccc(N4CCCC(N)C4)nc13)CC(C)(C)O2. The van der Waals surface area contributed by atoms with Gasteiger partial charge < -0.3 is 25.4 Å². The fourth-order valence-electron chi connectivity index (χ4n) is 4.50. The number of nitrogens with zero attached hydrogens (tertiary/aromatic N) is 4. The van der Waals surface area contributed by atoms with Gasteiger partial charge in [0.25, 0.3) is 5.91 Å². The van der Waals surface area contributed by atoms with Gasteiger partial charge in [0.2, 0.25) is 0 Å². The Hall–Kier alpha value is -3.33. The molecule has 1 aromatic carbocycles. The van der Waals surface area contributed by atoms with Gasteiger partial charge in [0.1, 0.15) is 28.5 Å². The lowest BCUT2D eigenvalue weighted by Gasteiger charge is -2.31. The molecule has 2 aliphatic heterocycles. The van der Waals surface area contributed by atoms with E-state index >= 15 is 0 Å². The first-order valence-electron chi connectivity index (χ1n) is 10.9. The summed E-state index contributed by atoms with van der Waals surface area (Å²) >= 11 is 0. The normalized spacial score (nSPS) is 19.5. The molecule has 1 unspecified atom stereocenters. The number of hydrogen-bond acceptors (Lipinski definition) is 7. The number of methoxy groups -OCH3 is 1. The molecule has 9 heteroatoms. The molecule has 0 radical (unpaired) electrons. The predicted molar refractivity (Wildman–Crippen MR) is 122 cm³/mol. The predicted octanol–water partition coefficient (Wildman–Crippen LogP) is 2.63. The second-order valence-corrected chi connectivity index (χ2v) is 9.11. The maximum Gasteiger partial charge on any atom is 0.261 e. The van der Waals surface area contributed by atoms with Gasteiger partial charge in [-0.05, 0) is 38.8 Å². The first kappa shape index (κ1) is 20.6. The van der Waals surface area contributed by atoms with Crippen LogP contribution in [0.15, 0.2) is 30.6 Å². The van der Waals surface area contributed by atoms with E-state index in [1.807, 2.05) is 38.2 Å². The fourth-order valence-corrected chi connectivity index (χ4v) is 4.50. The number of carbonyl (C=O) groups excluding carboxylic acids is 1. The fraction of sp³-hybridized carbons (Fsp3) is 0.435. The highest BCUT2D eigenvalue weighted by Gasteiger charge is 2.31. The number of amides is 1. The molecule has 0 saturated carbocycles. The van der Waals surface area contributed by atoms with Gasteiger partial charge in [0.05, 0.1) is 19.0 Å². The van der Waals surface area contributed by atoms with Crippen LogP contribution in [0.25, 0.3) is 5.65 Å². The van der Waals surface area contributed by atoms with E-state index in [0.29, 0.717) is 22.6 Å². The van der Waals surface area contributed by atoms with Crippen LogP contribution in [0.3, 0.4) is 0 Å². The Bertz CT molecular complexity index is 1190. The number of hydrogen-bond donors (Lipinski definition) is 2. The van der Waals surface area contributed by atoms with E-state index < -0.39 is 0 Å². The van der Waals surface area contributed by atoms with Gasteiger partial charge in [0, 0.05) is 43.4 Å². The number of ether oxygens (including phenoxy) is 2. The van der Waals surface area contributed by atoms with E-state index in [1.54, 1.807) is 11.6 Å². The highest BCUT2D eigenvalue weighted by Crippen LogP contribution is 2.41. The summed E-state index contributed by atoms with van der Waals surface area (Å²) in [6.45, 7) is 5.73. The molecule has 2 aliphatic rings. The minimum Gasteiger partial charge on any atom is -0.494 e. The number of benzene rings is 1. The van der Waals surface area contributed by atoms with Gasteiger partial charge in [-0.15, -0.1) is 0 Å². The van der Waals surface area contributed by atoms with Crippen LogP contribution >= 0.6 is 0 Å². The molecule has 168 valence electrons. The number of anilines is 2. The van der Waals surface area contributed by atoms with Gasteiger partial charge in [-0.25, -0.2) is 9.50 Å². The molecule has 32 heavy (non-hydrogen) atoms. The van der Waals surface area contributed by atoms with Crippen LogP contribution in [0.5, 0.6) is 11.5 Å². The Morgan fingerprint density at radius 2 is 2.22 bits per heavy atom. The number of fused-ring (bicyclic) bond motifs is 2. The number of piperidine rings is 1. The highest BCUT2D eigenvalue weighted by molar-refractivity contribution is 6.09. The standard InChI is InChI=1S/C23H28N6O3/c1-23(2)11-14-9-17(19(31-3)10-18(14)32-23)26-22(30)16-12-25-29-8-6-20(27-21(16)29)28-7-4-5-15(24)13-28/h6,8-10,12,15H,4-5,7,11,13,24H2,1-3H3,(H,26,30). The number of nitrogens with two attached hydrogens (primary N) is 1. The lowest BCUT2D eigenvalue weighted by Crippen LogP contribution is -2.43. The van der Waals surface area contributed by atoms with E-state index in [2.05, 4.69) is 15.3 Å². The zero-order valence-corrected chi connectivity index (χ0v) is 18.6. The Morgan fingerprint density at radius 1 is 1.38 bits per heavy atom. The van der Waals surface area contributed by atoms with Crippen molar-refractivity contribution >= 4 is 23.1 Å².